The molecule has 0 saturated carbocycles. The average Bonchev–Trinajstić information content (AvgIpc) is 2.47. The summed E-state index contributed by atoms with van der Waals surface area (Å²) in [5, 5.41) is 0. The van der Waals surface area contributed by atoms with Gasteiger partial charge in [-0.2, -0.15) is 11.8 Å². The summed E-state index contributed by atoms with van der Waals surface area (Å²) >= 11 is 1.93. The Kier molecular flexibility index (Phi) is 2.59. The molecule has 0 aliphatic carbocycles. The van der Waals surface area contributed by atoms with Crippen LogP contribution in [0.3, 0.4) is 0 Å². The van der Waals surface area contributed by atoms with Gasteiger partial charge in [0.1, 0.15) is 0 Å². The molecule has 2 nitrogen and oxygen atoms in total. The molecular weight excluding hydrogens is 170 g/mol. The van der Waals surface area contributed by atoms with Crippen molar-refractivity contribution in [2.24, 2.45) is 0 Å². The maximum absolute atomic E-state index is 11.6. The Morgan fingerprint density at radius 3 is 3.17 bits per heavy atom. The molecule has 2 saturated heterocycles. The molecule has 2 aliphatic heterocycles. The summed E-state index contributed by atoms with van der Waals surface area (Å²) in [4.78, 5) is 13.7. The van der Waals surface area contributed by atoms with Crippen LogP contribution in [0.25, 0.3) is 0 Å². The Labute approximate surface area is 77.7 Å². The second-order valence-corrected chi connectivity index (χ2v) is 4.76. The standard InChI is InChI=1S/C9H15NOS/c11-9-4-7-12-6-3-8-2-1-5-10(8)9/h8H,1-7H2. The van der Waals surface area contributed by atoms with E-state index in [1.807, 2.05) is 11.8 Å². The van der Waals surface area contributed by atoms with E-state index >= 15 is 0 Å². The van der Waals surface area contributed by atoms with E-state index in [2.05, 4.69) is 4.90 Å². The predicted molar refractivity (Wildman–Crippen MR) is 51.3 cm³/mol. The van der Waals surface area contributed by atoms with Crippen molar-refractivity contribution in [1.29, 1.82) is 0 Å². The Morgan fingerprint density at radius 2 is 2.25 bits per heavy atom. The first-order valence-corrected chi connectivity index (χ1v) is 5.90. The molecule has 0 aromatic rings. The molecule has 0 N–H and O–H groups in total. The van der Waals surface area contributed by atoms with Crippen LogP contribution in [0, 0.1) is 0 Å². The van der Waals surface area contributed by atoms with Gasteiger partial charge in [0.15, 0.2) is 0 Å². The van der Waals surface area contributed by atoms with Gasteiger partial charge >= 0.3 is 0 Å². The lowest BCUT2D eigenvalue weighted by atomic mass is 10.1. The fourth-order valence-electron chi connectivity index (χ4n) is 2.09. The predicted octanol–water partition coefficient (Wildman–Crippen LogP) is 1.50. The van der Waals surface area contributed by atoms with Crippen LogP contribution in [0.5, 0.6) is 0 Å². The summed E-state index contributed by atoms with van der Waals surface area (Å²) in [7, 11) is 0. The topological polar surface area (TPSA) is 20.3 Å². The summed E-state index contributed by atoms with van der Waals surface area (Å²) in [6.45, 7) is 1.02. The third-order valence-corrected chi connectivity index (χ3v) is 3.77. The normalized spacial score (nSPS) is 31.2. The number of hydrogen-bond donors (Lipinski definition) is 0. The molecule has 0 aromatic carbocycles. The number of carbonyl (C=O) groups is 1. The van der Waals surface area contributed by atoms with Crippen LogP contribution in [0.2, 0.25) is 0 Å². The fraction of sp³-hybridized carbons (Fsp3) is 0.889. The SMILES string of the molecule is O=C1CCSCCC2CCCN12. The molecule has 2 fully saturated rings. The van der Waals surface area contributed by atoms with Crippen molar-refractivity contribution in [3.8, 4) is 0 Å². The second kappa shape index (κ2) is 3.69. The highest BCUT2D eigenvalue weighted by Gasteiger charge is 2.28. The number of hydrogen-bond acceptors (Lipinski definition) is 2. The average molecular weight is 185 g/mol. The van der Waals surface area contributed by atoms with Gasteiger partial charge in [0.25, 0.3) is 0 Å². The molecule has 0 spiro atoms. The van der Waals surface area contributed by atoms with Crippen LogP contribution in [0.1, 0.15) is 25.7 Å². The molecule has 68 valence electrons. The van der Waals surface area contributed by atoms with Crippen LogP contribution < -0.4 is 0 Å². The van der Waals surface area contributed by atoms with Gasteiger partial charge in [0, 0.05) is 24.8 Å². The molecule has 3 heteroatoms. The largest absolute Gasteiger partial charge is 0.340 e. The van der Waals surface area contributed by atoms with Gasteiger partial charge in [-0.1, -0.05) is 0 Å². The van der Waals surface area contributed by atoms with E-state index in [1.165, 1.54) is 25.0 Å². The number of thioether (sulfide) groups is 1. The van der Waals surface area contributed by atoms with E-state index in [4.69, 9.17) is 0 Å². The Morgan fingerprint density at radius 1 is 1.33 bits per heavy atom. The molecule has 12 heavy (non-hydrogen) atoms. The van der Waals surface area contributed by atoms with Gasteiger partial charge in [-0.25, -0.2) is 0 Å². The van der Waals surface area contributed by atoms with Crippen LogP contribution in [-0.4, -0.2) is 34.9 Å². The molecule has 0 radical (unpaired) electrons. The lowest BCUT2D eigenvalue weighted by Crippen LogP contribution is -2.37. The van der Waals surface area contributed by atoms with Crippen LogP contribution >= 0.6 is 11.8 Å². The van der Waals surface area contributed by atoms with Gasteiger partial charge in [0.2, 0.25) is 5.91 Å². The Hall–Kier alpha value is -0.180. The first kappa shape index (κ1) is 8.42. The minimum Gasteiger partial charge on any atom is -0.340 e. The number of fused-ring (bicyclic) bond motifs is 1. The first-order chi connectivity index (χ1) is 5.88. The first-order valence-electron chi connectivity index (χ1n) is 4.75. The monoisotopic (exact) mass is 185 g/mol. The highest BCUT2D eigenvalue weighted by Crippen LogP contribution is 2.25. The molecule has 2 heterocycles. The van der Waals surface area contributed by atoms with Crippen LogP contribution in [0.4, 0.5) is 0 Å². The molecular formula is C9H15NOS. The van der Waals surface area contributed by atoms with Crippen LogP contribution in [0.15, 0.2) is 0 Å². The van der Waals surface area contributed by atoms with Gasteiger partial charge in [-0.05, 0) is 25.0 Å². The minimum atomic E-state index is 0.393. The third-order valence-electron chi connectivity index (χ3n) is 2.75. The number of carbonyl (C=O) groups excluding carboxylic acids is 1. The molecule has 1 unspecified atom stereocenters. The van der Waals surface area contributed by atoms with E-state index in [0.717, 1.165) is 18.7 Å². The quantitative estimate of drug-likeness (QED) is 0.570. The summed E-state index contributed by atoms with van der Waals surface area (Å²) in [6, 6.07) is 0.588. The van der Waals surface area contributed by atoms with Gasteiger partial charge < -0.3 is 4.90 Å². The van der Waals surface area contributed by atoms with Crippen molar-refractivity contribution in [3.05, 3.63) is 0 Å². The Bertz CT molecular complexity index is 183. The molecule has 1 amide bonds. The van der Waals surface area contributed by atoms with E-state index in [0.29, 0.717) is 11.9 Å². The van der Waals surface area contributed by atoms with Crippen molar-refractivity contribution < 1.29 is 4.79 Å². The maximum Gasteiger partial charge on any atom is 0.223 e. The van der Waals surface area contributed by atoms with Gasteiger partial charge in [0.05, 0.1) is 0 Å². The van der Waals surface area contributed by atoms with E-state index < -0.39 is 0 Å². The number of amides is 1. The van der Waals surface area contributed by atoms with Gasteiger partial charge in [-0.3, -0.25) is 4.79 Å². The zero-order chi connectivity index (χ0) is 8.39. The summed E-state index contributed by atoms with van der Waals surface area (Å²) in [6.07, 6.45) is 4.45. The highest BCUT2D eigenvalue weighted by atomic mass is 32.2. The van der Waals surface area contributed by atoms with E-state index in [-0.39, 0.29) is 0 Å². The van der Waals surface area contributed by atoms with Crippen molar-refractivity contribution in [2.45, 2.75) is 31.7 Å². The fourth-order valence-corrected chi connectivity index (χ4v) is 3.05. The summed E-state index contributed by atoms with van der Waals surface area (Å²) in [5.41, 5.74) is 0. The molecule has 0 bridgehead atoms. The lowest BCUT2D eigenvalue weighted by molar-refractivity contribution is -0.131. The van der Waals surface area contributed by atoms with E-state index in [1.54, 1.807) is 0 Å². The summed E-state index contributed by atoms with van der Waals surface area (Å²) < 4.78 is 0. The zero-order valence-corrected chi connectivity index (χ0v) is 8.11. The van der Waals surface area contributed by atoms with E-state index in [9.17, 15) is 4.79 Å². The zero-order valence-electron chi connectivity index (χ0n) is 7.29. The Balaban J connectivity index is 2.03. The summed E-state index contributed by atoms with van der Waals surface area (Å²) in [5.74, 6) is 2.67. The maximum atomic E-state index is 11.6. The smallest absolute Gasteiger partial charge is 0.223 e. The molecule has 0 aromatic heterocycles. The molecule has 1 atom stereocenters. The molecule has 2 rings (SSSR count). The minimum absolute atomic E-state index is 0.393. The lowest BCUT2D eigenvalue weighted by Gasteiger charge is -2.26. The van der Waals surface area contributed by atoms with Crippen molar-refractivity contribution in [1.82, 2.24) is 4.90 Å². The number of nitrogens with zero attached hydrogens (tertiary/aromatic N) is 1. The van der Waals surface area contributed by atoms with Gasteiger partial charge in [-0.15, -0.1) is 0 Å². The highest BCUT2D eigenvalue weighted by molar-refractivity contribution is 7.99. The second-order valence-electron chi connectivity index (χ2n) is 3.53. The number of rotatable bonds is 0. The van der Waals surface area contributed by atoms with Crippen molar-refractivity contribution in [3.63, 3.8) is 0 Å². The van der Waals surface area contributed by atoms with Crippen molar-refractivity contribution >= 4 is 17.7 Å². The third kappa shape index (κ3) is 1.60. The van der Waals surface area contributed by atoms with Crippen molar-refractivity contribution in [2.75, 3.05) is 18.1 Å². The molecule has 2 aliphatic rings. The van der Waals surface area contributed by atoms with Crippen LogP contribution in [-0.2, 0) is 4.79 Å².